The lowest BCUT2D eigenvalue weighted by Crippen LogP contribution is -2.47. The van der Waals surface area contributed by atoms with E-state index in [9.17, 15) is 24.3 Å². The summed E-state index contributed by atoms with van der Waals surface area (Å²) in [7, 11) is 1.31. The molecule has 38 heavy (non-hydrogen) atoms. The number of amides is 1. The van der Waals surface area contributed by atoms with Crippen LogP contribution in [0, 0.1) is 11.8 Å². The van der Waals surface area contributed by atoms with E-state index in [0.29, 0.717) is 6.42 Å². The number of carbonyl (C=O) groups is 4. The number of aromatic hydroxyl groups is 1. The molecule has 1 aliphatic rings. The van der Waals surface area contributed by atoms with Crippen LogP contribution in [0.5, 0.6) is 11.5 Å². The van der Waals surface area contributed by atoms with Crippen LogP contribution in [-0.2, 0) is 35.0 Å². The highest BCUT2D eigenvalue weighted by Crippen LogP contribution is 2.28. The van der Waals surface area contributed by atoms with Crippen molar-refractivity contribution >= 4 is 23.8 Å². The molecule has 1 amide bonds. The number of hydrogen-bond donors (Lipinski definition) is 2. The lowest BCUT2D eigenvalue weighted by Gasteiger charge is -2.30. The number of esters is 3. The Labute approximate surface area is 220 Å². The van der Waals surface area contributed by atoms with Crippen molar-refractivity contribution in [3.05, 3.63) is 53.9 Å². The summed E-state index contributed by atoms with van der Waals surface area (Å²) < 4.78 is 21.7. The lowest BCUT2D eigenvalue weighted by atomic mass is 9.91. The summed E-state index contributed by atoms with van der Waals surface area (Å²) in [6.45, 7) is 4.50. The van der Waals surface area contributed by atoms with Crippen LogP contribution in [0.25, 0.3) is 0 Å². The third-order valence-electron chi connectivity index (χ3n) is 6.33. The van der Waals surface area contributed by atoms with E-state index in [2.05, 4.69) is 10.3 Å². The molecule has 0 saturated carbocycles. The number of cyclic esters (lactones) is 2. The summed E-state index contributed by atoms with van der Waals surface area (Å²) in [6, 6.07) is 9.04. The molecule has 1 saturated heterocycles. The number of hydrogen-bond acceptors (Lipinski definition) is 10. The Balaban J connectivity index is 1.88. The molecule has 1 aliphatic heterocycles. The van der Waals surface area contributed by atoms with Crippen molar-refractivity contribution in [1.82, 2.24) is 10.3 Å². The molecule has 0 bridgehead atoms. The monoisotopic (exact) mass is 528 g/mol. The van der Waals surface area contributed by atoms with E-state index in [1.807, 2.05) is 37.3 Å². The molecule has 2 heterocycles. The highest BCUT2D eigenvalue weighted by molar-refractivity contribution is 5.98. The zero-order valence-corrected chi connectivity index (χ0v) is 21.7. The maximum Gasteiger partial charge on any atom is 0.332 e. The molecule has 0 radical (unpaired) electrons. The standard InChI is InChI=1S/C27H32N2O9/c1-5-15(2)25(32)38-23-16(3)37-27(34)19(29-24(31)21-22(30)20(35-4)11-12-28-21)14-36-26(33)18(23)13-17-9-7-6-8-10-17/h6-12,15-16,18-19,23,30H,5,13-14H2,1-4H3,(H,29,31)/t15?,16-,18+,19-,23-/m0/s1. The Hall–Kier alpha value is -4.15. The van der Waals surface area contributed by atoms with E-state index >= 15 is 0 Å². The summed E-state index contributed by atoms with van der Waals surface area (Å²) in [5, 5.41) is 12.6. The molecular weight excluding hydrogens is 496 g/mol. The molecule has 0 spiro atoms. The van der Waals surface area contributed by atoms with Crippen molar-refractivity contribution in [3.8, 4) is 11.5 Å². The summed E-state index contributed by atoms with van der Waals surface area (Å²) in [4.78, 5) is 55.7. The van der Waals surface area contributed by atoms with Crippen molar-refractivity contribution in [3.63, 3.8) is 0 Å². The number of carbonyl (C=O) groups excluding carboxylic acids is 4. The van der Waals surface area contributed by atoms with Gasteiger partial charge in [-0.25, -0.2) is 9.78 Å². The molecule has 1 unspecified atom stereocenters. The summed E-state index contributed by atoms with van der Waals surface area (Å²) >= 11 is 0. The number of aromatic nitrogens is 1. The molecule has 204 valence electrons. The SMILES string of the molecule is CCC(C)C(=O)O[C@H]1[C@H](C)OC(=O)[C@@H](NC(=O)c2nccc(OC)c2O)COC(=O)[C@@H]1Cc1ccccc1. The maximum absolute atomic E-state index is 13.3. The van der Waals surface area contributed by atoms with Crippen LogP contribution in [0.2, 0.25) is 0 Å². The number of pyridine rings is 1. The molecule has 11 nitrogen and oxygen atoms in total. The molecule has 2 aromatic rings. The second-order valence-corrected chi connectivity index (χ2v) is 9.02. The average Bonchev–Trinajstić information content (AvgIpc) is 2.95. The molecule has 3 rings (SSSR count). The third-order valence-corrected chi connectivity index (χ3v) is 6.33. The van der Waals surface area contributed by atoms with Gasteiger partial charge in [-0.2, -0.15) is 0 Å². The zero-order valence-electron chi connectivity index (χ0n) is 21.7. The fourth-order valence-electron chi connectivity index (χ4n) is 3.89. The van der Waals surface area contributed by atoms with E-state index < -0.39 is 72.0 Å². The van der Waals surface area contributed by atoms with Gasteiger partial charge in [-0.05, 0) is 25.3 Å². The van der Waals surface area contributed by atoms with Crippen LogP contribution in [0.3, 0.4) is 0 Å². The first-order valence-electron chi connectivity index (χ1n) is 12.3. The normalized spacial score (nSPS) is 22.5. The van der Waals surface area contributed by atoms with E-state index in [1.165, 1.54) is 26.3 Å². The Morgan fingerprint density at radius 1 is 1.18 bits per heavy atom. The number of rotatable bonds is 8. The van der Waals surface area contributed by atoms with Crippen LogP contribution >= 0.6 is 0 Å². The molecule has 5 atom stereocenters. The second-order valence-electron chi connectivity index (χ2n) is 9.02. The van der Waals surface area contributed by atoms with Gasteiger partial charge >= 0.3 is 17.9 Å². The highest BCUT2D eigenvalue weighted by atomic mass is 16.6. The van der Waals surface area contributed by atoms with Gasteiger partial charge in [-0.15, -0.1) is 0 Å². The number of methoxy groups -OCH3 is 1. The van der Waals surface area contributed by atoms with Crippen LogP contribution in [0.15, 0.2) is 42.6 Å². The van der Waals surface area contributed by atoms with Crippen LogP contribution in [0.1, 0.15) is 43.2 Å². The molecule has 1 aromatic carbocycles. The van der Waals surface area contributed by atoms with Gasteiger partial charge in [0.25, 0.3) is 5.91 Å². The molecule has 0 aliphatic carbocycles. The molecule has 2 N–H and O–H groups in total. The lowest BCUT2D eigenvalue weighted by molar-refractivity contribution is -0.176. The molecular formula is C27H32N2O9. The molecule has 1 aromatic heterocycles. The van der Waals surface area contributed by atoms with Gasteiger partial charge in [0.1, 0.15) is 18.6 Å². The Kier molecular flexibility index (Phi) is 9.64. The summed E-state index contributed by atoms with van der Waals surface area (Å²) in [5.41, 5.74) is 0.403. The minimum atomic E-state index is -1.41. The first-order chi connectivity index (χ1) is 18.2. The predicted octanol–water partition coefficient (Wildman–Crippen LogP) is 2.20. The zero-order chi connectivity index (χ0) is 27.8. The van der Waals surface area contributed by atoms with E-state index in [0.717, 1.165) is 5.56 Å². The van der Waals surface area contributed by atoms with E-state index in [1.54, 1.807) is 6.92 Å². The van der Waals surface area contributed by atoms with Crippen molar-refractivity contribution in [2.45, 2.75) is 51.9 Å². The molecule has 1 fully saturated rings. The summed E-state index contributed by atoms with van der Waals surface area (Å²) in [6.07, 6.45) is -0.239. The van der Waals surface area contributed by atoms with Crippen molar-refractivity contribution in [2.75, 3.05) is 13.7 Å². The van der Waals surface area contributed by atoms with Gasteiger partial charge < -0.3 is 29.4 Å². The quantitative estimate of drug-likeness (QED) is 0.385. The summed E-state index contributed by atoms with van der Waals surface area (Å²) in [5.74, 6) is -5.00. The van der Waals surface area contributed by atoms with Crippen molar-refractivity contribution < 1.29 is 43.2 Å². The smallest absolute Gasteiger partial charge is 0.332 e. The predicted molar refractivity (Wildman–Crippen MR) is 133 cm³/mol. The largest absolute Gasteiger partial charge is 0.503 e. The van der Waals surface area contributed by atoms with Crippen molar-refractivity contribution in [2.24, 2.45) is 11.8 Å². The minimum absolute atomic E-state index is 0.0111. The average molecular weight is 529 g/mol. The topological polar surface area (TPSA) is 150 Å². The van der Waals surface area contributed by atoms with Gasteiger partial charge in [0.15, 0.2) is 29.3 Å². The fraction of sp³-hybridized carbons (Fsp3) is 0.444. The highest BCUT2D eigenvalue weighted by Gasteiger charge is 2.42. The molecule has 11 heteroatoms. The number of nitrogens with zero attached hydrogens (tertiary/aromatic N) is 1. The van der Waals surface area contributed by atoms with Crippen molar-refractivity contribution in [1.29, 1.82) is 0 Å². The Bertz CT molecular complexity index is 1150. The third kappa shape index (κ3) is 6.78. The number of benzene rings is 1. The van der Waals surface area contributed by atoms with E-state index in [-0.39, 0.29) is 12.2 Å². The van der Waals surface area contributed by atoms with Gasteiger partial charge in [0.2, 0.25) is 0 Å². The Morgan fingerprint density at radius 2 is 1.89 bits per heavy atom. The van der Waals surface area contributed by atoms with Gasteiger partial charge in [0, 0.05) is 12.3 Å². The fourth-order valence-corrected chi connectivity index (χ4v) is 3.89. The van der Waals surface area contributed by atoms with Crippen LogP contribution in [-0.4, -0.2) is 65.9 Å². The Morgan fingerprint density at radius 3 is 2.55 bits per heavy atom. The van der Waals surface area contributed by atoms with Gasteiger partial charge in [0.05, 0.1) is 13.0 Å². The minimum Gasteiger partial charge on any atom is -0.503 e. The second kappa shape index (κ2) is 12.9. The van der Waals surface area contributed by atoms with Crippen LogP contribution in [0.4, 0.5) is 0 Å². The van der Waals surface area contributed by atoms with E-state index in [4.69, 9.17) is 18.9 Å². The van der Waals surface area contributed by atoms with Crippen LogP contribution < -0.4 is 10.1 Å². The maximum atomic E-state index is 13.3. The number of ether oxygens (including phenoxy) is 4. The first kappa shape index (κ1) is 28.4. The van der Waals surface area contributed by atoms with Gasteiger partial charge in [-0.1, -0.05) is 44.2 Å². The number of nitrogens with one attached hydrogen (secondary N) is 1. The van der Waals surface area contributed by atoms with Gasteiger partial charge in [-0.3, -0.25) is 14.4 Å². The first-order valence-corrected chi connectivity index (χ1v) is 12.3.